The number of aliphatic hydroxyl groups excluding tert-OH is 1. The summed E-state index contributed by atoms with van der Waals surface area (Å²) in [7, 11) is 0. The van der Waals surface area contributed by atoms with Gasteiger partial charge in [-0.3, -0.25) is 0 Å². The molecule has 0 aliphatic carbocycles. The van der Waals surface area contributed by atoms with Crippen molar-refractivity contribution in [2.75, 3.05) is 6.61 Å². The normalized spacial score (nSPS) is 12.6. The smallest absolute Gasteiger partial charge is 0.213 e. The van der Waals surface area contributed by atoms with Crippen LogP contribution in [0.25, 0.3) is 0 Å². The lowest BCUT2D eigenvalue weighted by atomic mass is 10.1. The van der Waals surface area contributed by atoms with E-state index in [-0.39, 0.29) is 0 Å². The SMILES string of the molecule is CCOc1ccc(C(C)O)c(C)n1. The Bertz CT molecular complexity index is 284. The molecule has 0 fully saturated rings. The van der Waals surface area contributed by atoms with E-state index >= 15 is 0 Å². The van der Waals surface area contributed by atoms with E-state index in [1.54, 1.807) is 13.0 Å². The molecule has 0 radical (unpaired) electrons. The highest BCUT2D eigenvalue weighted by Crippen LogP contribution is 2.18. The zero-order valence-corrected chi connectivity index (χ0v) is 8.24. The first-order valence-electron chi connectivity index (χ1n) is 4.43. The van der Waals surface area contributed by atoms with Gasteiger partial charge in [0.05, 0.1) is 12.7 Å². The van der Waals surface area contributed by atoms with Crippen molar-refractivity contribution in [3.05, 3.63) is 23.4 Å². The molecule has 72 valence electrons. The van der Waals surface area contributed by atoms with Gasteiger partial charge in [0.1, 0.15) is 0 Å². The van der Waals surface area contributed by atoms with Gasteiger partial charge >= 0.3 is 0 Å². The van der Waals surface area contributed by atoms with Gasteiger partial charge < -0.3 is 9.84 Å². The fourth-order valence-corrected chi connectivity index (χ4v) is 1.22. The fourth-order valence-electron chi connectivity index (χ4n) is 1.22. The van der Waals surface area contributed by atoms with Crippen LogP contribution in [0.5, 0.6) is 5.88 Å². The summed E-state index contributed by atoms with van der Waals surface area (Å²) in [5.74, 6) is 0.615. The van der Waals surface area contributed by atoms with Crippen molar-refractivity contribution >= 4 is 0 Å². The van der Waals surface area contributed by atoms with Crippen molar-refractivity contribution in [1.29, 1.82) is 0 Å². The third-order valence-electron chi connectivity index (χ3n) is 1.84. The minimum Gasteiger partial charge on any atom is -0.478 e. The first kappa shape index (κ1) is 9.99. The molecular formula is C10H15NO2. The Kier molecular flexibility index (Phi) is 3.25. The molecule has 1 unspecified atom stereocenters. The van der Waals surface area contributed by atoms with Crippen LogP contribution in [-0.2, 0) is 0 Å². The molecule has 0 saturated carbocycles. The molecule has 1 atom stereocenters. The van der Waals surface area contributed by atoms with Crippen LogP contribution in [0.3, 0.4) is 0 Å². The zero-order chi connectivity index (χ0) is 9.84. The number of aliphatic hydroxyl groups is 1. The second-order valence-corrected chi connectivity index (χ2v) is 2.93. The fraction of sp³-hybridized carbons (Fsp3) is 0.500. The summed E-state index contributed by atoms with van der Waals surface area (Å²) in [5.41, 5.74) is 1.67. The Morgan fingerprint density at radius 3 is 2.69 bits per heavy atom. The first-order chi connectivity index (χ1) is 6.15. The minimum absolute atomic E-state index is 0.469. The summed E-state index contributed by atoms with van der Waals surface area (Å²) in [6, 6.07) is 3.62. The number of hydrogen-bond donors (Lipinski definition) is 1. The van der Waals surface area contributed by atoms with Gasteiger partial charge in [-0.05, 0) is 26.8 Å². The van der Waals surface area contributed by atoms with E-state index in [0.29, 0.717) is 12.5 Å². The molecule has 0 amide bonds. The second kappa shape index (κ2) is 4.23. The van der Waals surface area contributed by atoms with Gasteiger partial charge in [-0.2, -0.15) is 0 Å². The summed E-state index contributed by atoms with van der Waals surface area (Å²) >= 11 is 0. The summed E-state index contributed by atoms with van der Waals surface area (Å²) in [6.45, 7) is 6.12. The van der Waals surface area contributed by atoms with Crippen LogP contribution in [0.4, 0.5) is 0 Å². The molecule has 0 aliphatic heterocycles. The Morgan fingerprint density at radius 1 is 1.54 bits per heavy atom. The minimum atomic E-state index is -0.469. The molecule has 0 saturated heterocycles. The van der Waals surface area contributed by atoms with Gasteiger partial charge in [0.2, 0.25) is 5.88 Å². The molecule has 0 aliphatic rings. The average Bonchev–Trinajstić information content (AvgIpc) is 2.04. The van der Waals surface area contributed by atoms with Crippen LogP contribution >= 0.6 is 0 Å². The number of rotatable bonds is 3. The van der Waals surface area contributed by atoms with Crippen molar-refractivity contribution in [3.8, 4) is 5.88 Å². The van der Waals surface area contributed by atoms with E-state index in [9.17, 15) is 5.11 Å². The molecule has 1 heterocycles. The number of aromatic nitrogens is 1. The third kappa shape index (κ3) is 2.42. The molecule has 0 aromatic carbocycles. The van der Waals surface area contributed by atoms with Crippen LogP contribution in [0.2, 0.25) is 0 Å². The van der Waals surface area contributed by atoms with Crippen molar-refractivity contribution in [2.45, 2.75) is 26.9 Å². The van der Waals surface area contributed by atoms with E-state index in [0.717, 1.165) is 11.3 Å². The van der Waals surface area contributed by atoms with Gasteiger partial charge in [-0.25, -0.2) is 4.98 Å². The summed E-state index contributed by atoms with van der Waals surface area (Å²) < 4.78 is 5.23. The zero-order valence-electron chi connectivity index (χ0n) is 8.24. The van der Waals surface area contributed by atoms with E-state index in [2.05, 4.69) is 4.98 Å². The maximum Gasteiger partial charge on any atom is 0.213 e. The number of aryl methyl sites for hydroxylation is 1. The largest absolute Gasteiger partial charge is 0.478 e. The van der Waals surface area contributed by atoms with Crippen molar-refractivity contribution in [1.82, 2.24) is 4.98 Å². The molecule has 13 heavy (non-hydrogen) atoms. The van der Waals surface area contributed by atoms with Crippen LogP contribution in [0.1, 0.15) is 31.2 Å². The predicted octanol–water partition coefficient (Wildman–Crippen LogP) is 1.84. The van der Waals surface area contributed by atoms with Gasteiger partial charge in [0.25, 0.3) is 0 Å². The number of pyridine rings is 1. The molecule has 3 heteroatoms. The number of ether oxygens (including phenoxy) is 1. The van der Waals surface area contributed by atoms with E-state index in [1.165, 1.54) is 0 Å². The quantitative estimate of drug-likeness (QED) is 0.773. The molecule has 1 aromatic heterocycles. The maximum atomic E-state index is 9.34. The Morgan fingerprint density at radius 2 is 2.23 bits per heavy atom. The van der Waals surface area contributed by atoms with Gasteiger partial charge in [-0.15, -0.1) is 0 Å². The highest BCUT2D eigenvalue weighted by Gasteiger charge is 2.06. The Hall–Kier alpha value is -1.09. The molecule has 3 nitrogen and oxygen atoms in total. The molecule has 1 rings (SSSR count). The lowest BCUT2D eigenvalue weighted by molar-refractivity contribution is 0.197. The molecular weight excluding hydrogens is 166 g/mol. The van der Waals surface area contributed by atoms with Crippen molar-refractivity contribution in [2.24, 2.45) is 0 Å². The average molecular weight is 181 g/mol. The van der Waals surface area contributed by atoms with E-state index < -0.39 is 6.10 Å². The first-order valence-corrected chi connectivity index (χ1v) is 4.43. The van der Waals surface area contributed by atoms with Gasteiger partial charge in [-0.1, -0.05) is 0 Å². The van der Waals surface area contributed by atoms with Gasteiger partial charge in [0, 0.05) is 17.3 Å². The Labute approximate surface area is 78.4 Å². The highest BCUT2D eigenvalue weighted by molar-refractivity contribution is 5.26. The van der Waals surface area contributed by atoms with Crippen molar-refractivity contribution < 1.29 is 9.84 Å². The third-order valence-corrected chi connectivity index (χ3v) is 1.84. The maximum absolute atomic E-state index is 9.34. The number of nitrogens with zero attached hydrogens (tertiary/aromatic N) is 1. The van der Waals surface area contributed by atoms with Crippen LogP contribution in [-0.4, -0.2) is 16.7 Å². The highest BCUT2D eigenvalue weighted by atomic mass is 16.5. The Balaban J connectivity index is 2.92. The monoisotopic (exact) mass is 181 g/mol. The molecule has 0 spiro atoms. The van der Waals surface area contributed by atoms with Crippen molar-refractivity contribution in [3.63, 3.8) is 0 Å². The molecule has 1 N–H and O–H groups in total. The lowest BCUT2D eigenvalue weighted by Gasteiger charge is -2.09. The standard InChI is InChI=1S/C10H15NO2/c1-4-13-10-6-5-9(8(3)12)7(2)11-10/h5-6,8,12H,4H2,1-3H3. The second-order valence-electron chi connectivity index (χ2n) is 2.93. The van der Waals surface area contributed by atoms with Crippen LogP contribution < -0.4 is 4.74 Å². The van der Waals surface area contributed by atoms with Crippen LogP contribution in [0, 0.1) is 6.92 Å². The predicted molar refractivity (Wildman–Crippen MR) is 50.8 cm³/mol. The summed E-state index contributed by atoms with van der Waals surface area (Å²) in [6.07, 6.45) is -0.469. The number of hydrogen-bond acceptors (Lipinski definition) is 3. The molecule has 0 bridgehead atoms. The van der Waals surface area contributed by atoms with Crippen LogP contribution in [0.15, 0.2) is 12.1 Å². The van der Waals surface area contributed by atoms with E-state index in [4.69, 9.17) is 4.74 Å². The lowest BCUT2D eigenvalue weighted by Crippen LogP contribution is -2.00. The van der Waals surface area contributed by atoms with E-state index in [1.807, 2.05) is 19.9 Å². The molecule has 1 aromatic rings. The summed E-state index contributed by atoms with van der Waals surface area (Å²) in [4.78, 5) is 4.20. The van der Waals surface area contributed by atoms with Gasteiger partial charge in [0.15, 0.2) is 0 Å². The summed E-state index contributed by atoms with van der Waals surface area (Å²) in [5, 5.41) is 9.34. The topological polar surface area (TPSA) is 42.4 Å².